The molecule has 0 bridgehead atoms. The number of hydrogen-bond acceptors (Lipinski definition) is 4. The summed E-state index contributed by atoms with van der Waals surface area (Å²) in [5, 5.41) is 6.55. The number of aromatic nitrogens is 2. The van der Waals surface area contributed by atoms with E-state index in [4.69, 9.17) is 0 Å². The van der Waals surface area contributed by atoms with E-state index < -0.39 is 0 Å². The Bertz CT molecular complexity index is 566. The fourth-order valence-electron chi connectivity index (χ4n) is 2.12. The third kappa shape index (κ3) is 3.47. The summed E-state index contributed by atoms with van der Waals surface area (Å²) >= 11 is 0. The maximum absolute atomic E-state index is 4.50. The summed E-state index contributed by atoms with van der Waals surface area (Å²) in [6.07, 6.45) is 2.89. The van der Waals surface area contributed by atoms with Gasteiger partial charge in [-0.3, -0.25) is 0 Å². The van der Waals surface area contributed by atoms with E-state index in [1.165, 1.54) is 11.1 Å². The van der Waals surface area contributed by atoms with Gasteiger partial charge in [0.05, 0.1) is 0 Å². The fourth-order valence-corrected chi connectivity index (χ4v) is 2.12. The van der Waals surface area contributed by atoms with Gasteiger partial charge in [0.1, 0.15) is 5.82 Å². The zero-order valence-electron chi connectivity index (χ0n) is 12.4. The van der Waals surface area contributed by atoms with Crippen LogP contribution in [0.4, 0.5) is 11.8 Å². The Hall–Kier alpha value is -2.10. The molecule has 0 atom stereocenters. The van der Waals surface area contributed by atoms with Crippen LogP contribution in [-0.4, -0.2) is 16.5 Å². The highest BCUT2D eigenvalue weighted by atomic mass is 15.1. The van der Waals surface area contributed by atoms with Gasteiger partial charge in [0.2, 0.25) is 5.95 Å². The molecule has 1 aromatic heterocycles. The molecule has 0 unspecified atom stereocenters. The molecule has 0 aliphatic carbocycles. The molecule has 106 valence electrons. The topological polar surface area (TPSA) is 49.8 Å². The number of aryl methyl sites for hydroxylation is 2. The normalized spacial score (nSPS) is 10.3. The smallest absolute Gasteiger partial charge is 0.224 e. The summed E-state index contributed by atoms with van der Waals surface area (Å²) in [6.45, 7) is 7.84. The lowest BCUT2D eigenvalue weighted by atomic mass is 10.1. The van der Waals surface area contributed by atoms with Crippen LogP contribution in [0, 0.1) is 6.92 Å². The van der Waals surface area contributed by atoms with Crippen LogP contribution in [0.25, 0.3) is 0 Å². The standard InChI is InChI=1S/C16H22N4/c1-4-13-8-6-7-9-14(13)11-18-15-12(3)10-19-16(20-15)17-5-2/h6-10H,4-5,11H2,1-3H3,(H2,17,18,19,20). The highest BCUT2D eigenvalue weighted by Gasteiger charge is 2.04. The first kappa shape index (κ1) is 14.3. The molecule has 4 heteroatoms. The zero-order valence-corrected chi connectivity index (χ0v) is 12.4. The lowest BCUT2D eigenvalue weighted by molar-refractivity contribution is 1.01. The van der Waals surface area contributed by atoms with E-state index in [1.54, 1.807) is 0 Å². The summed E-state index contributed by atoms with van der Waals surface area (Å²) in [6, 6.07) is 8.50. The molecule has 2 aromatic rings. The summed E-state index contributed by atoms with van der Waals surface area (Å²) < 4.78 is 0. The van der Waals surface area contributed by atoms with Crippen LogP contribution in [0.3, 0.4) is 0 Å². The van der Waals surface area contributed by atoms with Crippen molar-refractivity contribution in [2.75, 3.05) is 17.2 Å². The number of hydrogen-bond donors (Lipinski definition) is 2. The molecule has 0 saturated carbocycles. The lowest BCUT2D eigenvalue weighted by Crippen LogP contribution is -2.09. The van der Waals surface area contributed by atoms with E-state index in [-0.39, 0.29) is 0 Å². The second kappa shape index (κ2) is 6.89. The first-order chi connectivity index (χ1) is 9.74. The molecule has 20 heavy (non-hydrogen) atoms. The Morgan fingerprint density at radius 2 is 1.80 bits per heavy atom. The summed E-state index contributed by atoms with van der Waals surface area (Å²) in [4.78, 5) is 8.75. The molecular formula is C16H22N4. The number of benzene rings is 1. The van der Waals surface area contributed by atoms with Gasteiger partial charge in [0.25, 0.3) is 0 Å². The second-order valence-electron chi connectivity index (χ2n) is 4.73. The van der Waals surface area contributed by atoms with E-state index in [2.05, 4.69) is 51.8 Å². The van der Waals surface area contributed by atoms with Gasteiger partial charge in [-0.05, 0) is 31.4 Å². The Kier molecular flexibility index (Phi) is 4.93. The van der Waals surface area contributed by atoms with Crippen LogP contribution in [0.2, 0.25) is 0 Å². The molecule has 0 amide bonds. The van der Waals surface area contributed by atoms with Crippen molar-refractivity contribution >= 4 is 11.8 Å². The van der Waals surface area contributed by atoms with Crippen LogP contribution in [0.1, 0.15) is 30.5 Å². The van der Waals surface area contributed by atoms with Crippen LogP contribution in [0.15, 0.2) is 30.5 Å². The third-order valence-corrected chi connectivity index (χ3v) is 3.25. The maximum Gasteiger partial charge on any atom is 0.224 e. The quantitative estimate of drug-likeness (QED) is 0.844. The highest BCUT2D eigenvalue weighted by Crippen LogP contribution is 2.16. The van der Waals surface area contributed by atoms with Crippen molar-refractivity contribution in [3.05, 3.63) is 47.2 Å². The molecule has 2 N–H and O–H groups in total. The fraction of sp³-hybridized carbons (Fsp3) is 0.375. The van der Waals surface area contributed by atoms with Gasteiger partial charge < -0.3 is 10.6 Å². The number of rotatable bonds is 6. The molecule has 0 saturated heterocycles. The molecule has 1 heterocycles. The second-order valence-corrected chi connectivity index (χ2v) is 4.73. The van der Waals surface area contributed by atoms with Gasteiger partial charge in [0, 0.05) is 24.8 Å². The van der Waals surface area contributed by atoms with Crippen molar-refractivity contribution in [2.45, 2.75) is 33.7 Å². The monoisotopic (exact) mass is 270 g/mol. The minimum Gasteiger partial charge on any atom is -0.366 e. The summed E-state index contributed by atoms with van der Waals surface area (Å²) in [5.41, 5.74) is 3.75. The molecule has 0 radical (unpaired) electrons. The first-order valence-corrected chi connectivity index (χ1v) is 7.12. The van der Waals surface area contributed by atoms with Gasteiger partial charge in [-0.2, -0.15) is 4.98 Å². The van der Waals surface area contributed by atoms with Crippen molar-refractivity contribution in [2.24, 2.45) is 0 Å². The molecule has 2 rings (SSSR count). The Balaban J connectivity index is 2.12. The molecule has 4 nitrogen and oxygen atoms in total. The Morgan fingerprint density at radius 3 is 2.50 bits per heavy atom. The van der Waals surface area contributed by atoms with E-state index in [0.717, 1.165) is 30.9 Å². The molecule has 1 aromatic carbocycles. The largest absolute Gasteiger partial charge is 0.366 e. The van der Waals surface area contributed by atoms with Crippen LogP contribution in [0.5, 0.6) is 0 Å². The zero-order chi connectivity index (χ0) is 14.4. The van der Waals surface area contributed by atoms with Crippen molar-refractivity contribution in [1.82, 2.24) is 9.97 Å². The van der Waals surface area contributed by atoms with Gasteiger partial charge >= 0.3 is 0 Å². The Labute approximate surface area is 120 Å². The van der Waals surface area contributed by atoms with E-state index in [9.17, 15) is 0 Å². The highest BCUT2D eigenvalue weighted by molar-refractivity contribution is 5.47. The lowest BCUT2D eigenvalue weighted by Gasteiger charge is -2.12. The minimum absolute atomic E-state index is 0.671. The van der Waals surface area contributed by atoms with Crippen LogP contribution < -0.4 is 10.6 Å². The van der Waals surface area contributed by atoms with Crippen LogP contribution in [-0.2, 0) is 13.0 Å². The predicted octanol–water partition coefficient (Wildman–Crippen LogP) is 3.39. The average molecular weight is 270 g/mol. The SMILES string of the molecule is CCNc1ncc(C)c(NCc2ccccc2CC)n1. The van der Waals surface area contributed by atoms with Gasteiger partial charge in [-0.1, -0.05) is 31.2 Å². The van der Waals surface area contributed by atoms with Crippen LogP contribution >= 0.6 is 0 Å². The van der Waals surface area contributed by atoms with E-state index >= 15 is 0 Å². The Morgan fingerprint density at radius 1 is 1.05 bits per heavy atom. The number of nitrogens with zero attached hydrogens (tertiary/aromatic N) is 2. The molecule has 0 aliphatic rings. The summed E-state index contributed by atoms with van der Waals surface area (Å²) in [7, 11) is 0. The van der Waals surface area contributed by atoms with Gasteiger partial charge in [-0.15, -0.1) is 0 Å². The predicted molar refractivity (Wildman–Crippen MR) is 84.1 cm³/mol. The van der Waals surface area contributed by atoms with E-state index in [1.807, 2.05) is 20.0 Å². The molecule has 0 spiro atoms. The van der Waals surface area contributed by atoms with Crippen molar-refractivity contribution in [1.29, 1.82) is 0 Å². The average Bonchev–Trinajstić information content (AvgIpc) is 2.48. The van der Waals surface area contributed by atoms with Gasteiger partial charge in [-0.25, -0.2) is 4.98 Å². The number of nitrogens with one attached hydrogen (secondary N) is 2. The van der Waals surface area contributed by atoms with Gasteiger partial charge in [0.15, 0.2) is 0 Å². The molecular weight excluding hydrogens is 248 g/mol. The van der Waals surface area contributed by atoms with Crippen molar-refractivity contribution in [3.8, 4) is 0 Å². The number of anilines is 2. The molecule has 0 fully saturated rings. The third-order valence-electron chi connectivity index (χ3n) is 3.25. The maximum atomic E-state index is 4.50. The van der Waals surface area contributed by atoms with Crippen molar-refractivity contribution in [3.63, 3.8) is 0 Å². The summed E-state index contributed by atoms with van der Waals surface area (Å²) in [5.74, 6) is 1.56. The van der Waals surface area contributed by atoms with Crippen molar-refractivity contribution < 1.29 is 0 Å². The van der Waals surface area contributed by atoms with E-state index in [0.29, 0.717) is 5.95 Å². The molecule has 0 aliphatic heterocycles. The minimum atomic E-state index is 0.671. The first-order valence-electron chi connectivity index (χ1n) is 7.12.